The summed E-state index contributed by atoms with van der Waals surface area (Å²) in [4.78, 5) is 29.3. The van der Waals surface area contributed by atoms with Gasteiger partial charge in [-0.15, -0.1) is 0 Å². The molecule has 0 aliphatic rings. The Hall–Kier alpha value is -3.84. The van der Waals surface area contributed by atoms with E-state index in [0.717, 1.165) is 11.1 Å². The van der Waals surface area contributed by atoms with Crippen LogP contribution in [0.4, 0.5) is 14.7 Å². The third-order valence-corrected chi connectivity index (χ3v) is 6.25. The quantitative estimate of drug-likeness (QED) is 0.244. The van der Waals surface area contributed by atoms with Crippen LogP contribution in [0, 0.1) is 21.4 Å². The summed E-state index contributed by atoms with van der Waals surface area (Å²) in [5.41, 5.74) is 7.33. The van der Waals surface area contributed by atoms with Crippen LogP contribution in [0.2, 0.25) is 0 Å². The highest BCUT2D eigenvalue weighted by Crippen LogP contribution is 2.23. The van der Waals surface area contributed by atoms with Crippen molar-refractivity contribution in [2.75, 3.05) is 18.4 Å². The summed E-state index contributed by atoms with van der Waals surface area (Å²) < 4.78 is 26.8. The van der Waals surface area contributed by atoms with Crippen LogP contribution in [-0.4, -0.2) is 33.3 Å². The van der Waals surface area contributed by atoms with E-state index in [1.165, 1.54) is 49.1 Å². The first kappa shape index (κ1) is 31.4. The van der Waals surface area contributed by atoms with Crippen molar-refractivity contribution in [2.24, 2.45) is 5.73 Å². The molecule has 39 heavy (non-hydrogen) atoms. The van der Waals surface area contributed by atoms with Gasteiger partial charge in [-0.1, -0.05) is 61.9 Å². The van der Waals surface area contributed by atoms with Gasteiger partial charge < -0.3 is 5.73 Å². The van der Waals surface area contributed by atoms with Crippen molar-refractivity contribution >= 4 is 21.9 Å². The standard InChI is InChI=1S/C13H16FN4O.C10H14FN.C3H3BrN3O/c1-13(2,10-3-5-11(14)6-4-10)9-16-12-15-7-8-17-18(12)19;1-10(2,7-12)8-3-5-9(11)6-4-8;4-3-5-1-2-6-7(3)8/h3-8H,9H2,1-2H3,(H,15,16)(H,17,19);3-6H,7,12H2,1-2H3;1-2H,(H,6,8)/q+1;;+1. The Morgan fingerprint density at radius 3 is 1.69 bits per heavy atom. The Labute approximate surface area is 233 Å². The molecule has 0 saturated carbocycles. The summed E-state index contributed by atoms with van der Waals surface area (Å²) in [6.07, 6.45) is 5.88. The molecule has 0 fully saturated rings. The van der Waals surface area contributed by atoms with Gasteiger partial charge in [0.2, 0.25) is 0 Å². The molecule has 0 atom stereocenters. The molecule has 0 bridgehead atoms. The van der Waals surface area contributed by atoms with E-state index >= 15 is 0 Å². The largest absolute Gasteiger partial charge is 0.452 e. The van der Waals surface area contributed by atoms with Gasteiger partial charge in [0.05, 0.1) is 39.4 Å². The van der Waals surface area contributed by atoms with Crippen LogP contribution >= 0.6 is 15.9 Å². The molecule has 0 unspecified atom stereocenters. The van der Waals surface area contributed by atoms with E-state index in [0.29, 0.717) is 22.2 Å². The number of aromatic amines is 2. The highest BCUT2D eigenvalue weighted by Gasteiger charge is 2.24. The van der Waals surface area contributed by atoms with E-state index in [-0.39, 0.29) is 33.1 Å². The maximum absolute atomic E-state index is 12.9. The molecule has 0 radical (unpaired) electrons. The number of hydrogen-bond acceptors (Lipinski definition) is 6. The van der Waals surface area contributed by atoms with Crippen LogP contribution < -0.4 is 20.1 Å². The van der Waals surface area contributed by atoms with E-state index in [1.807, 2.05) is 27.7 Å². The number of nitrogens with two attached hydrogens (primary N) is 1. The van der Waals surface area contributed by atoms with Crippen molar-refractivity contribution in [2.45, 2.75) is 38.5 Å². The monoisotopic (exact) mass is 606 g/mol. The third-order valence-electron chi connectivity index (χ3n) is 5.72. The van der Waals surface area contributed by atoms with Crippen LogP contribution in [0.3, 0.4) is 0 Å². The van der Waals surface area contributed by atoms with Crippen LogP contribution in [0.1, 0.15) is 38.8 Å². The van der Waals surface area contributed by atoms with E-state index < -0.39 is 0 Å². The number of aromatic nitrogens is 6. The molecule has 0 spiro atoms. The lowest BCUT2D eigenvalue weighted by Crippen LogP contribution is -2.33. The second-order valence-electron chi connectivity index (χ2n) is 9.67. The molecule has 0 aliphatic heterocycles. The first-order valence-corrected chi connectivity index (χ1v) is 12.7. The van der Waals surface area contributed by atoms with Crippen molar-refractivity contribution in [1.82, 2.24) is 20.2 Å². The van der Waals surface area contributed by atoms with Crippen molar-refractivity contribution in [3.63, 3.8) is 0 Å². The highest BCUT2D eigenvalue weighted by molar-refractivity contribution is 9.10. The van der Waals surface area contributed by atoms with Crippen molar-refractivity contribution in [3.8, 4) is 0 Å². The molecular formula is C26H33BrF2N8O2+2. The van der Waals surface area contributed by atoms with Gasteiger partial charge in [0.25, 0.3) is 0 Å². The number of nitrogens with zero attached hydrogens (tertiary/aromatic N) is 4. The Kier molecular flexibility index (Phi) is 11.5. The van der Waals surface area contributed by atoms with Gasteiger partial charge in [-0.3, -0.25) is 5.32 Å². The number of benzene rings is 2. The predicted molar refractivity (Wildman–Crippen MR) is 148 cm³/mol. The Balaban J connectivity index is 0.000000227. The fraction of sp³-hybridized carbons (Fsp3) is 0.308. The summed E-state index contributed by atoms with van der Waals surface area (Å²) >= 11 is 2.90. The maximum Gasteiger partial charge on any atom is 0.452 e. The van der Waals surface area contributed by atoms with Gasteiger partial charge in [-0.05, 0) is 45.3 Å². The first-order valence-electron chi connectivity index (χ1n) is 11.9. The predicted octanol–water partition coefficient (Wildman–Crippen LogP) is 4.00. The summed E-state index contributed by atoms with van der Waals surface area (Å²) in [6, 6.07) is 12.8. The lowest BCUT2D eigenvalue weighted by molar-refractivity contribution is -0.580. The SMILES string of the molecule is CC(C)(CN)c1ccc(F)cc1.CC(C)(CNc1ncc[nH][n+]1=O)c1ccc(F)cc1.O=[n+]1[nH]ccnc1Br. The van der Waals surface area contributed by atoms with E-state index in [1.54, 1.807) is 24.3 Å². The number of hydrogen-bond donors (Lipinski definition) is 4. The van der Waals surface area contributed by atoms with Crippen molar-refractivity contribution < 1.29 is 17.9 Å². The maximum atomic E-state index is 12.9. The van der Waals surface area contributed by atoms with Crippen LogP contribution in [0.15, 0.2) is 78.1 Å². The zero-order valence-corrected chi connectivity index (χ0v) is 23.7. The number of rotatable bonds is 6. The summed E-state index contributed by atoms with van der Waals surface area (Å²) in [6.45, 7) is 9.18. The molecule has 0 amide bonds. The summed E-state index contributed by atoms with van der Waals surface area (Å²) in [5.74, 6) is -0.256. The number of nitrogens with one attached hydrogen (secondary N) is 3. The minimum Gasteiger partial charge on any atom is -0.330 e. The molecule has 0 saturated heterocycles. The number of H-pyrrole nitrogens is 2. The Morgan fingerprint density at radius 2 is 1.28 bits per heavy atom. The van der Waals surface area contributed by atoms with Gasteiger partial charge >= 0.3 is 10.7 Å². The molecule has 5 N–H and O–H groups in total. The molecule has 4 aromatic rings. The van der Waals surface area contributed by atoms with Crippen LogP contribution in [-0.2, 0) is 10.8 Å². The van der Waals surface area contributed by atoms with E-state index in [9.17, 15) is 18.6 Å². The number of halogens is 3. The fourth-order valence-corrected chi connectivity index (χ4v) is 3.29. The van der Waals surface area contributed by atoms with Gasteiger partial charge in [0.1, 0.15) is 22.4 Å². The summed E-state index contributed by atoms with van der Waals surface area (Å²) in [5, 5.41) is 7.80. The second kappa shape index (κ2) is 14.4. The smallest absolute Gasteiger partial charge is 0.330 e. The first-order chi connectivity index (χ1) is 18.4. The Morgan fingerprint density at radius 1 is 0.821 bits per heavy atom. The van der Waals surface area contributed by atoms with Crippen LogP contribution in [0.5, 0.6) is 0 Å². The topological polar surface area (TPSA) is 141 Å². The minimum absolute atomic E-state index is 0.0618. The molecule has 2 aromatic heterocycles. The molecule has 10 nitrogen and oxygen atoms in total. The zero-order chi connectivity index (χ0) is 29.1. The second-order valence-corrected chi connectivity index (χ2v) is 10.4. The molecule has 0 aliphatic carbocycles. The molecule has 2 heterocycles. The lowest BCUT2D eigenvalue weighted by Gasteiger charge is -2.23. The average molecular weight is 608 g/mol. The molecule has 2 aromatic carbocycles. The van der Waals surface area contributed by atoms with Gasteiger partial charge in [-0.25, -0.2) is 13.9 Å². The molecule has 208 valence electrons. The normalized spacial score (nSPS) is 11.0. The Bertz CT molecular complexity index is 1430. The lowest BCUT2D eigenvalue weighted by atomic mass is 9.84. The number of anilines is 1. The van der Waals surface area contributed by atoms with Crippen molar-refractivity contribution in [3.05, 3.63) is 111 Å². The van der Waals surface area contributed by atoms with Gasteiger partial charge in [0.15, 0.2) is 6.20 Å². The minimum atomic E-state index is -0.260. The zero-order valence-electron chi connectivity index (χ0n) is 22.2. The summed E-state index contributed by atoms with van der Waals surface area (Å²) in [7, 11) is 0. The molecule has 13 heteroatoms. The average Bonchev–Trinajstić information content (AvgIpc) is 2.91. The van der Waals surface area contributed by atoms with Gasteiger partial charge in [0, 0.05) is 17.4 Å². The fourth-order valence-electron chi connectivity index (χ4n) is 3.07. The van der Waals surface area contributed by atoms with Crippen molar-refractivity contribution in [1.29, 1.82) is 0 Å². The molecule has 4 rings (SSSR count). The van der Waals surface area contributed by atoms with E-state index in [2.05, 4.69) is 41.4 Å². The van der Waals surface area contributed by atoms with E-state index in [4.69, 9.17) is 5.73 Å². The third kappa shape index (κ3) is 10.1. The van der Waals surface area contributed by atoms with Crippen LogP contribution in [0.25, 0.3) is 0 Å². The highest BCUT2D eigenvalue weighted by atomic mass is 79.9. The van der Waals surface area contributed by atoms with Gasteiger partial charge in [-0.2, -0.15) is 5.10 Å². The molecular weight excluding hydrogens is 574 g/mol.